The third kappa shape index (κ3) is 3.42. The highest BCUT2D eigenvalue weighted by Crippen LogP contribution is 2.45. The molecule has 1 aliphatic rings. The van der Waals surface area contributed by atoms with Gasteiger partial charge in [-0.25, -0.2) is 0 Å². The topological polar surface area (TPSA) is 9.23 Å². The summed E-state index contributed by atoms with van der Waals surface area (Å²) in [5.41, 5.74) is 0. The van der Waals surface area contributed by atoms with Gasteiger partial charge in [-0.1, -0.05) is 22.6 Å². The van der Waals surface area contributed by atoms with Gasteiger partial charge in [0.25, 0.3) is 0 Å². The van der Waals surface area contributed by atoms with Crippen molar-refractivity contribution in [2.75, 3.05) is 17.6 Å². The molecule has 0 amide bonds. The van der Waals surface area contributed by atoms with Crippen LogP contribution in [0.4, 0.5) is 17.6 Å². The first-order chi connectivity index (χ1) is 6.78. The Morgan fingerprint density at radius 1 is 1.20 bits per heavy atom. The van der Waals surface area contributed by atoms with Crippen LogP contribution in [0.2, 0.25) is 0 Å². The van der Waals surface area contributed by atoms with Crippen LogP contribution in [-0.4, -0.2) is 28.4 Å². The summed E-state index contributed by atoms with van der Waals surface area (Å²) in [6.45, 7) is 0.532. The fourth-order valence-corrected chi connectivity index (χ4v) is 2.62. The summed E-state index contributed by atoms with van der Waals surface area (Å²) in [6, 6.07) is 0. The zero-order valence-corrected chi connectivity index (χ0v) is 11.4. The molecule has 1 saturated heterocycles. The summed E-state index contributed by atoms with van der Waals surface area (Å²) in [4.78, 5) is -4.14. The predicted octanol–water partition coefficient (Wildman–Crippen LogP) is 3.70. The van der Waals surface area contributed by atoms with Crippen LogP contribution in [-0.2, 0) is 4.74 Å². The van der Waals surface area contributed by atoms with Gasteiger partial charge in [-0.3, -0.25) is 0 Å². The van der Waals surface area contributed by atoms with E-state index in [1.165, 1.54) is 0 Å². The SMILES string of the molecule is FC(F)(Br)C(F)(F)CC1COCC1CI. The number of alkyl halides is 6. The third-order valence-corrected chi connectivity index (χ3v) is 4.17. The van der Waals surface area contributed by atoms with Crippen molar-refractivity contribution in [2.24, 2.45) is 11.8 Å². The van der Waals surface area contributed by atoms with Crippen molar-refractivity contribution in [3.05, 3.63) is 0 Å². The van der Waals surface area contributed by atoms with Crippen LogP contribution in [0.1, 0.15) is 6.42 Å². The largest absolute Gasteiger partial charge is 0.381 e. The molecule has 0 spiro atoms. The van der Waals surface area contributed by atoms with Crippen molar-refractivity contribution < 1.29 is 22.3 Å². The lowest BCUT2D eigenvalue weighted by Crippen LogP contribution is -2.38. The van der Waals surface area contributed by atoms with Gasteiger partial charge in [-0.2, -0.15) is 17.6 Å². The highest BCUT2D eigenvalue weighted by Gasteiger charge is 2.56. The van der Waals surface area contributed by atoms with E-state index in [1.54, 1.807) is 15.9 Å². The first kappa shape index (κ1) is 14.0. The van der Waals surface area contributed by atoms with Gasteiger partial charge in [-0.05, 0) is 27.8 Å². The first-order valence-electron chi connectivity index (χ1n) is 4.36. The second-order valence-corrected chi connectivity index (χ2v) is 5.49. The molecule has 1 heterocycles. The van der Waals surface area contributed by atoms with Crippen LogP contribution in [0.3, 0.4) is 0 Å². The molecule has 15 heavy (non-hydrogen) atoms. The Morgan fingerprint density at radius 2 is 1.73 bits per heavy atom. The first-order valence-corrected chi connectivity index (χ1v) is 6.68. The van der Waals surface area contributed by atoms with E-state index < -0.39 is 23.1 Å². The molecule has 1 rings (SSSR count). The molecule has 1 nitrogen and oxygen atoms in total. The van der Waals surface area contributed by atoms with Crippen molar-refractivity contribution in [1.29, 1.82) is 0 Å². The maximum absolute atomic E-state index is 13.0. The van der Waals surface area contributed by atoms with E-state index >= 15 is 0 Å². The molecule has 0 aliphatic carbocycles. The average Bonchev–Trinajstić information content (AvgIpc) is 2.48. The van der Waals surface area contributed by atoms with Crippen LogP contribution >= 0.6 is 38.5 Å². The molecule has 1 aliphatic heterocycles. The van der Waals surface area contributed by atoms with Gasteiger partial charge in [0.1, 0.15) is 0 Å². The van der Waals surface area contributed by atoms with Crippen LogP contribution in [0.25, 0.3) is 0 Å². The van der Waals surface area contributed by atoms with Crippen molar-refractivity contribution >= 4 is 38.5 Å². The molecule has 7 heteroatoms. The Morgan fingerprint density at radius 3 is 2.20 bits per heavy atom. The van der Waals surface area contributed by atoms with Gasteiger partial charge in [0.05, 0.1) is 6.61 Å². The smallest absolute Gasteiger partial charge is 0.363 e. The highest BCUT2D eigenvalue weighted by molar-refractivity contribution is 14.1. The van der Waals surface area contributed by atoms with Crippen molar-refractivity contribution in [3.63, 3.8) is 0 Å². The van der Waals surface area contributed by atoms with E-state index in [0.29, 0.717) is 11.0 Å². The Kier molecular flexibility index (Phi) is 4.68. The Hall–Kier alpha value is 0.890. The van der Waals surface area contributed by atoms with Gasteiger partial charge < -0.3 is 4.74 Å². The van der Waals surface area contributed by atoms with Gasteiger partial charge in [0.2, 0.25) is 0 Å². The fraction of sp³-hybridized carbons (Fsp3) is 1.00. The standard InChI is InChI=1S/C8H10BrF4IO/c9-8(12,13)7(10,11)1-5-3-15-4-6(5)2-14/h5-6H,1-4H2. The van der Waals surface area contributed by atoms with Crippen LogP contribution in [0, 0.1) is 11.8 Å². The lowest BCUT2D eigenvalue weighted by Gasteiger charge is -2.25. The van der Waals surface area contributed by atoms with Gasteiger partial charge in [0, 0.05) is 17.5 Å². The molecular weight excluding hydrogens is 395 g/mol. The summed E-state index contributed by atoms with van der Waals surface area (Å²) in [6.07, 6.45) is -0.834. The van der Waals surface area contributed by atoms with Crippen LogP contribution in [0.5, 0.6) is 0 Å². The van der Waals surface area contributed by atoms with Gasteiger partial charge in [0.15, 0.2) is 0 Å². The van der Waals surface area contributed by atoms with E-state index in [0.717, 1.165) is 0 Å². The van der Waals surface area contributed by atoms with Crippen LogP contribution < -0.4 is 0 Å². The van der Waals surface area contributed by atoms with E-state index in [9.17, 15) is 17.6 Å². The molecular formula is C8H10BrF4IO. The number of halogens is 6. The van der Waals surface area contributed by atoms with Crippen molar-refractivity contribution in [3.8, 4) is 0 Å². The van der Waals surface area contributed by atoms with Gasteiger partial charge in [-0.15, -0.1) is 0 Å². The molecule has 0 aromatic carbocycles. The maximum atomic E-state index is 13.0. The van der Waals surface area contributed by atoms with Crippen LogP contribution in [0.15, 0.2) is 0 Å². The number of ether oxygens (including phenoxy) is 1. The minimum absolute atomic E-state index is 0.0497. The minimum Gasteiger partial charge on any atom is -0.381 e. The minimum atomic E-state index is -4.14. The third-order valence-electron chi connectivity index (χ3n) is 2.46. The lowest BCUT2D eigenvalue weighted by molar-refractivity contribution is -0.159. The maximum Gasteiger partial charge on any atom is 0.363 e. The molecule has 0 saturated carbocycles. The second kappa shape index (κ2) is 5.03. The summed E-state index contributed by atoms with van der Waals surface area (Å²) in [5.74, 6) is -4.55. The number of hydrogen-bond acceptors (Lipinski definition) is 1. The van der Waals surface area contributed by atoms with E-state index in [1.807, 2.05) is 0 Å². The molecule has 0 aromatic heterocycles. The van der Waals surface area contributed by atoms with Crippen molar-refractivity contribution in [2.45, 2.75) is 17.2 Å². The Bertz CT molecular complexity index is 221. The summed E-state index contributed by atoms with van der Waals surface area (Å²) < 4.78 is 56.8. The molecule has 2 atom stereocenters. The molecule has 90 valence electrons. The van der Waals surface area contributed by atoms with Crippen molar-refractivity contribution in [1.82, 2.24) is 0 Å². The Labute approximate surface area is 107 Å². The normalized spacial score (nSPS) is 28.4. The predicted molar refractivity (Wildman–Crippen MR) is 60.1 cm³/mol. The zero-order valence-electron chi connectivity index (χ0n) is 7.66. The quantitative estimate of drug-likeness (QED) is 0.394. The molecule has 0 N–H and O–H groups in total. The van der Waals surface area contributed by atoms with E-state index in [2.05, 4.69) is 22.6 Å². The number of rotatable bonds is 4. The van der Waals surface area contributed by atoms with Gasteiger partial charge >= 0.3 is 10.8 Å². The summed E-state index contributed by atoms with van der Waals surface area (Å²) >= 11 is 3.78. The molecule has 2 unspecified atom stereocenters. The Balaban J connectivity index is 2.60. The van der Waals surface area contributed by atoms with E-state index in [4.69, 9.17) is 4.74 Å². The summed E-state index contributed by atoms with van der Waals surface area (Å²) in [5, 5.41) is 0. The highest BCUT2D eigenvalue weighted by atomic mass is 127. The lowest BCUT2D eigenvalue weighted by atomic mass is 9.92. The number of hydrogen-bond donors (Lipinski definition) is 0. The molecule has 0 bridgehead atoms. The molecule has 0 radical (unpaired) electrons. The van der Waals surface area contributed by atoms with E-state index in [-0.39, 0.29) is 12.5 Å². The molecule has 1 fully saturated rings. The fourth-order valence-electron chi connectivity index (χ4n) is 1.48. The molecule has 0 aromatic rings. The monoisotopic (exact) mass is 404 g/mol. The average molecular weight is 405 g/mol. The second-order valence-electron chi connectivity index (χ2n) is 3.62. The summed E-state index contributed by atoms with van der Waals surface area (Å²) in [7, 11) is 0. The zero-order chi connectivity index (χ0) is 11.7.